The van der Waals surface area contributed by atoms with E-state index >= 15 is 0 Å². The van der Waals surface area contributed by atoms with Crippen LogP contribution in [0.1, 0.15) is 22.5 Å². The number of likely N-dealkylation sites (tertiary alicyclic amines) is 1. The Balaban J connectivity index is 1.46. The van der Waals surface area contributed by atoms with E-state index < -0.39 is 0 Å². The molecule has 0 radical (unpaired) electrons. The molecule has 1 fully saturated rings. The molecule has 128 valence electrons. The second-order valence-electron chi connectivity index (χ2n) is 6.21. The first kappa shape index (κ1) is 15.8. The second-order valence-corrected chi connectivity index (χ2v) is 6.59. The van der Waals surface area contributed by atoms with Gasteiger partial charge in [-0.1, -0.05) is 17.7 Å². The average Bonchev–Trinajstić information content (AvgIpc) is 3.20. The zero-order chi connectivity index (χ0) is 17.4. The minimum Gasteiger partial charge on any atom is -0.364 e. The van der Waals surface area contributed by atoms with E-state index in [1.807, 2.05) is 34.6 Å². The summed E-state index contributed by atoms with van der Waals surface area (Å²) in [4.78, 5) is 27.2. The number of pyridine rings is 1. The fourth-order valence-electron chi connectivity index (χ4n) is 3.05. The maximum absolute atomic E-state index is 12.7. The zero-order valence-electron chi connectivity index (χ0n) is 13.7. The van der Waals surface area contributed by atoms with Gasteiger partial charge in [0.1, 0.15) is 22.3 Å². The Hall–Kier alpha value is -2.67. The number of amides is 1. The van der Waals surface area contributed by atoms with Crippen LogP contribution in [0, 0.1) is 6.92 Å². The first-order chi connectivity index (χ1) is 12.1. The zero-order valence-corrected chi connectivity index (χ0v) is 14.4. The van der Waals surface area contributed by atoms with Gasteiger partial charge in [0.15, 0.2) is 0 Å². The van der Waals surface area contributed by atoms with Gasteiger partial charge in [0, 0.05) is 31.5 Å². The minimum atomic E-state index is -0.0529. The quantitative estimate of drug-likeness (QED) is 0.780. The highest BCUT2D eigenvalue weighted by Gasteiger charge is 2.28. The highest BCUT2D eigenvalue weighted by Crippen LogP contribution is 2.18. The standard InChI is InChI=1S/C17H17ClN6O/c1-11-2-3-16-21-13(10-24(16)8-11)17(25)23-5-4-12(9-23)20-15-7-19-6-14(18)22-15/h2-3,6-8,10,12H,4-5,9H2,1H3,(H,20,22). The lowest BCUT2D eigenvalue weighted by Gasteiger charge is -2.16. The molecule has 1 atom stereocenters. The summed E-state index contributed by atoms with van der Waals surface area (Å²) in [7, 11) is 0. The number of hydrogen-bond donors (Lipinski definition) is 1. The molecule has 1 N–H and O–H groups in total. The van der Waals surface area contributed by atoms with Crippen molar-refractivity contribution in [2.24, 2.45) is 0 Å². The summed E-state index contributed by atoms with van der Waals surface area (Å²) >= 11 is 5.85. The lowest BCUT2D eigenvalue weighted by molar-refractivity contribution is 0.0786. The Morgan fingerprint density at radius 1 is 1.28 bits per heavy atom. The Kier molecular flexibility index (Phi) is 4.01. The molecule has 1 aliphatic heterocycles. The summed E-state index contributed by atoms with van der Waals surface area (Å²) in [6.45, 7) is 3.29. The third-order valence-electron chi connectivity index (χ3n) is 4.25. The van der Waals surface area contributed by atoms with Crippen molar-refractivity contribution in [2.75, 3.05) is 18.4 Å². The normalized spacial score (nSPS) is 17.2. The van der Waals surface area contributed by atoms with Crippen LogP contribution < -0.4 is 5.32 Å². The topological polar surface area (TPSA) is 75.4 Å². The molecule has 0 aliphatic carbocycles. The number of nitrogens with zero attached hydrogens (tertiary/aromatic N) is 5. The molecule has 1 unspecified atom stereocenters. The molecule has 1 amide bonds. The van der Waals surface area contributed by atoms with E-state index in [4.69, 9.17) is 11.6 Å². The average molecular weight is 357 g/mol. The van der Waals surface area contributed by atoms with Gasteiger partial charge >= 0.3 is 0 Å². The molecule has 7 nitrogen and oxygen atoms in total. The van der Waals surface area contributed by atoms with Crippen LogP contribution in [0.5, 0.6) is 0 Å². The minimum absolute atomic E-state index is 0.0529. The molecule has 1 saturated heterocycles. The van der Waals surface area contributed by atoms with Crippen LogP contribution in [0.2, 0.25) is 5.15 Å². The Morgan fingerprint density at radius 3 is 3.00 bits per heavy atom. The predicted octanol–water partition coefficient (Wildman–Crippen LogP) is 2.41. The van der Waals surface area contributed by atoms with Gasteiger partial charge in [-0.25, -0.2) is 9.97 Å². The molecule has 0 bridgehead atoms. The van der Waals surface area contributed by atoms with Crippen LogP contribution in [0.4, 0.5) is 5.82 Å². The fourth-order valence-corrected chi connectivity index (χ4v) is 3.20. The van der Waals surface area contributed by atoms with E-state index in [1.165, 1.54) is 6.20 Å². The van der Waals surface area contributed by atoms with Crippen LogP contribution in [0.3, 0.4) is 0 Å². The van der Waals surface area contributed by atoms with E-state index in [-0.39, 0.29) is 11.9 Å². The number of anilines is 1. The van der Waals surface area contributed by atoms with Crippen molar-refractivity contribution >= 4 is 29.0 Å². The van der Waals surface area contributed by atoms with Crippen LogP contribution >= 0.6 is 11.6 Å². The van der Waals surface area contributed by atoms with Crippen LogP contribution in [0.25, 0.3) is 5.65 Å². The number of carbonyl (C=O) groups is 1. The van der Waals surface area contributed by atoms with Gasteiger partial charge in [-0.2, -0.15) is 0 Å². The highest BCUT2D eigenvalue weighted by atomic mass is 35.5. The van der Waals surface area contributed by atoms with Crippen LogP contribution in [0.15, 0.2) is 36.9 Å². The second kappa shape index (κ2) is 6.33. The summed E-state index contributed by atoms with van der Waals surface area (Å²) < 4.78 is 1.88. The van der Waals surface area contributed by atoms with Crippen molar-refractivity contribution in [3.05, 3.63) is 53.3 Å². The number of fused-ring (bicyclic) bond motifs is 1. The molecule has 3 aromatic rings. The van der Waals surface area contributed by atoms with E-state index in [2.05, 4.69) is 20.3 Å². The lowest BCUT2D eigenvalue weighted by Crippen LogP contribution is -2.32. The SMILES string of the molecule is Cc1ccc2nc(C(=O)N3CCC(Nc4cncc(Cl)n4)C3)cn2c1. The molecule has 0 saturated carbocycles. The molecule has 4 heterocycles. The maximum atomic E-state index is 12.7. The molecular weight excluding hydrogens is 340 g/mol. The summed E-state index contributed by atoms with van der Waals surface area (Å²) in [6, 6.07) is 4.02. The fraction of sp³-hybridized carbons (Fsp3) is 0.294. The van der Waals surface area contributed by atoms with Crippen LogP contribution in [-0.4, -0.2) is 49.3 Å². The van der Waals surface area contributed by atoms with Gasteiger partial charge in [-0.3, -0.25) is 9.78 Å². The maximum Gasteiger partial charge on any atom is 0.274 e. The van der Waals surface area contributed by atoms with Crippen molar-refractivity contribution in [3.63, 3.8) is 0 Å². The monoisotopic (exact) mass is 356 g/mol. The van der Waals surface area contributed by atoms with E-state index in [0.717, 1.165) is 17.6 Å². The summed E-state index contributed by atoms with van der Waals surface area (Å²) in [5.41, 5.74) is 2.36. The lowest BCUT2D eigenvalue weighted by atomic mass is 10.2. The van der Waals surface area contributed by atoms with Gasteiger partial charge < -0.3 is 14.6 Å². The van der Waals surface area contributed by atoms with Gasteiger partial charge in [-0.05, 0) is 25.0 Å². The molecule has 8 heteroatoms. The van der Waals surface area contributed by atoms with Crippen molar-refractivity contribution in [1.82, 2.24) is 24.3 Å². The number of hydrogen-bond acceptors (Lipinski definition) is 5. The largest absolute Gasteiger partial charge is 0.364 e. The molecule has 1 aliphatic rings. The van der Waals surface area contributed by atoms with Gasteiger partial charge in [0.2, 0.25) is 0 Å². The van der Waals surface area contributed by atoms with Crippen molar-refractivity contribution < 1.29 is 4.79 Å². The van der Waals surface area contributed by atoms with Gasteiger partial charge in [0.25, 0.3) is 5.91 Å². The van der Waals surface area contributed by atoms with Gasteiger partial charge in [-0.15, -0.1) is 0 Å². The third-order valence-corrected chi connectivity index (χ3v) is 4.43. The number of imidazole rings is 1. The number of rotatable bonds is 3. The number of aromatic nitrogens is 4. The van der Waals surface area contributed by atoms with Crippen molar-refractivity contribution in [1.29, 1.82) is 0 Å². The summed E-state index contributed by atoms with van der Waals surface area (Å²) in [5, 5.41) is 3.62. The predicted molar refractivity (Wildman–Crippen MR) is 94.9 cm³/mol. The van der Waals surface area contributed by atoms with Crippen molar-refractivity contribution in [3.8, 4) is 0 Å². The van der Waals surface area contributed by atoms with E-state index in [9.17, 15) is 4.79 Å². The van der Waals surface area contributed by atoms with Gasteiger partial charge in [0.05, 0.1) is 12.4 Å². The van der Waals surface area contributed by atoms with Crippen molar-refractivity contribution in [2.45, 2.75) is 19.4 Å². The Bertz CT molecular complexity index is 940. The third kappa shape index (κ3) is 3.28. The van der Waals surface area contributed by atoms with Crippen LogP contribution in [-0.2, 0) is 0 Å². The summed E-state index contributed by atoms with van der Waals surface area (Å²) in [6.07, 6.45) is 7.70. The first-order valence-electron chi connectivity index (χ1n) is 8.07. The first-order valence-corrected chi connectivity index (χ1v) is 8.45. The highest BCUT2D eigenvalue weighted by molar-refractivity contribution is 6.29. The molecule has 25 heavy (non-hydrogen) atoms. The molecule has 3 aromatic heterocycles. The molecule has 4 rings (SSSR count). The van der Waals surface area contributed by atoms with E-state index in [0.29, 0.717) is 29.8 Å². The summed E-state index contributed by atoms with van der Waals surface area (Å²) in [5.74, 6) is 0.567. The molecular formula is C17H17ClN6O. The van der Waals surface area contributed by atoms with E-state index in [1.54, 1.807) is 12.4 Å². The number of halogens is 1. The number of carbonyl (C=O) groups excluding carboxylic acids is 1. The smallest absolute Gasteiger partial charge is 0.274 e. The molecule has 0 spiro atoms. The Morgan fingerprint density at radius 2 is 2.16 bits per heavy atom. The molecule has 0 aromatic carbocycles. The number of aryl methyl sites for hydroxylation is 1. The Labute approximate surface area is 149 Å². The number of nitrogens with one attached hydrogen (secondary N) is 1.